The van der Waals surface area contributed by atoms with Crippen LogP contribution in [0.15, 0.2) is 78.9 Å². The topological polar surface area (TPSA) is 34.1 Å². The summed E-state index contributed by atoms with van der Waals surface area (Å²) in [6.45, 7) is 1.51. The molecule has 0 saturated carbocycles. The Morgan fingerprint density at radius 1 is 0.607 bits per heavy atom. The monoisotopic (exact) mass is 550 g/mol. The summed E-state index contributed by atoms with van der Waals surface area (Å²) in [4.78, 5) is 23.0. The third-order valence-electron chi connectivity index (χ3n) is 4.24. The van der Waals surface area contributed by atoms with E-state index in [4.69, 9.17) is 0 Å². The minimum atomic E-state index is 0. The van der Waals surface area contributed by atoms with Gasteiger partial charge in [0.05, 0.1) is 0 Å². The molecule has 0 aromatic heterocycles. The van der Waals surface area contributed by atoms with Crippen molar-refractivity contribution >= 4 is 11.6 Å². The van der Waals surface area contributed by atoms with Crippen molar-refractivity contribution in [3.8, 4) is 22.3 Å². The van der Waals surface area contributed by atoms with Gasteiger partial charge in [0.2, 0.25) is 0 Å². The van der Waals surface area contributed by atoms with Crippen LogP contribution in [0.25, 0.3) is 22.3 Å². The van der Waals surface area contributed by atoms with Gasteiger partial charge < -0.3 is 38.8 Å². The van der Waals surface area contributed by atoms with Crippen LogP contribution in [0.4, 0.5) is 0 Å². The molecule has 0 aliphatic carbocycles. The molecule has 0 radical (unpaired) electrons. The normalized spacial score (nSPS) is 9.32. The summed E-state index contributed by atoms with van der Waals surface area (Å²) in [6.07, 6.45) is 0.585. The number of hydrogen-bond donors (Lipinski definition) is 0. The largest absolute Gasteiger partial charge is 2.00 e. The summed E-state index contributed by atoms with van der Waals surface area (Å²) >= 11 is 0. The average Bonchev–Trinajstić information content (AvgIpc) is 2.67. The first-order chi connectivity index (χ1) is 12.1. The van der Waals surface area contributed by atoms with Crippen molar-refractivity contribution in [2.75, 3.05) is 0 Å². The van der Waals surface area contributed by atoms with Crippen LogP contribution < -0.4 is 34.0 Å². The molecule has 0 amide bonds. The smallest absolute Gasteiger partial charge is 1.00 e. The quantitative estimate of drug-likeness (QED) is 0.307. The van der Waals surface area contributed by atoms with Crippen molar-refractivity contribution < 1.29 is 63.0 Å². The van der Waals surface area contributed by atoms with E-state index < -0.39 is 0 Å². The molecule has 0 N–H and O–H groups in total. The van der Waals surface area contributed by atoms with Crippen molar-refractivity contribution in [2.24, 2.45) is 0 Å². The van der Waals surface area contributed by atoms with Crippen LogP contribution in [0.1, 0.15) is 30.1 Å². The van der Waals surface area contributed by atoms with Gasteiger partial charge in [-0.2, -0.15) is 0 Å². The van der Waals surface area contributed by atoms with Gasteiger partial charge in [0.25, 0.3) is 0 Å². The number of ketones is 2. The standard InChI is InChI=1S/C23H20O2.2BrH.Zn/c1-17(24)7-16-23(25)22-14-12-21(13-15-22)20-10-8-19(9-11-20)18-5-3-2-4-6-18;;;/h2-6,8-15H,7,16H2,1H3;2*1H;/q;;;+2/p-2. The fraction of sp³-hybridized carbons (Fsp3) is 0.130. The van der Waals surface area contributed by atoms with Gasteiger partial charge in [-0.15, -0.1) is 0 Å². The molecule has 5 heteroatoms. The second-order valence-electron chi connectivity index (χ2n) is 6.15. The molecular weight excluding hydrogens is 533 g/mol. The summed E-state index contributed by atoms with van der Waals surface area (Å²) in [5.74, 6) is 0.0599. The van der Waals surface area contributed by atoms with Crippen molar-refractivity contribution in [1.29, 1.82) is 0 Å². The van der Waals surface area contributed by atoms with E-state index in [9.17, 15) is 9.59 Å². The molecule has 28 heavy (non-hydrogen) atoms. The van der Waals surface area contributed by atoms with Crippen molar-refractivity contribution in [1.82, 2.24) is 0 Å². The number of hydrogen-bond acceptors (Lipinski definition) is 2. The van der Waals surface area contributed by atoms with Gasteiger partial charge in [-0.1, -0.05) is 78.9 Å². The molecule has 0 unspecified atom stereocenters. The van der Waals surface area contributed by atoms with Gasteiger partial charge >= 0.3 is 19.5 Å². The number of rotatable bonds is 6. The third kappa shape index (κ3) is 7.20. The molecule has 3 rings (SSSR count). The summed E-state index contributed by atoms with van der Waals surface area (Å²) in [5, 5.41) is 0. The maximum Gasteiger partial charge on any atom is 2.00 e. The Balaban J connectivity index is 0.00000243. The maximum absolute atomic E-state index is 12.0. The Labute approximate surface area is 200 Å². The Kier molecular flexibility index (Phi) is 12.3. The summed E-state index contributed by atoms with van der Waals surface area (Å²) in [7, 11) is 0. The zero-order valence-corrected chi connectivity index (χ0v) is 21.8. The SMILES string of the molecule is CC(=O)CCC(=O)c1ccc(-c2ccc(-c3ccccc3)cc2)cc1.[Br-].[Br-].[Zn+2]. The second-order valence-corrected chi connectivity index (χ2v) is 6.15. The van der Waals surface area contributed by atoms with Crippen molar-refractivity contribution in [3.05, 3.63) is 84.4 Å². The van der Waals surface area contributed by atoms with E-state index in [2.05, 4.69) is 36.4 Å². The van der Waals surface area contributed by atoms with Crippen LogP contribution in [0.2, 0.25) is 0 Å². The predicted molar refractivity (Wildman–Crippen MR) is 102 cm³/mol. The van der Waals surface area contributed by atoms with Gasteiger partial charge in [0, 0.05) is 18.4 Å². The molecule has 0 aliphatic rings. The molecule has 2 nitrogen and oxygen atoms in total. The van der Waals surface area contributed by atoms with E-state index >= 15 is 0 Å². The van der Waals surface area contributed by atoms with E-state index in [1.54, 1.807) is 0 Å². The molecule has 3 aromatic carbocycles. The molecule has 0 fully saturated rings. The molecule has 3 aromatic rings. The van der Waals surface area contributed by atoms with Crippen LogP contribution >= 0.6 is 0 Å². The van der Waals surface area contributed by atoms with Crippen LogP contribution in [-0.2, 0) is 24.3 Å². The van der Waals surface area contributed by atoms with Crippen molar-refractivity contribution in [2.45, 2.75) is 19.8 Å². The van der Waals surface area contributed by atoms with E-state index in [1.165, 1.54) is 18.1 Å². The van der Waals surface area contributed by atoms with Crippen molar-refractivity contribution in [3.63, 3.8) is 0 Å². The van der Waals surface area contributed by atoms with Crippen LogP contribution in [-0.4, -0.2) is 11.6 Å². The van der Waals surface area contributed by atoms with Crippen LogP contribution in [0.3, 0.4) is 0 Å². The molecule has 0 saturated heterocycles. The first-order valence-corrected chi connectivity index (χ1v) is 8.42. The van der Waals surface area contributed by atoms with Gasteiger partial charge in [-0.3, -0.25) is 4.79 Å². The first-order valence-electron chi connectivity index (χ1n) is 8.42. The minimum Gasteiger partial charge on any atom is -1.00 e. The second kappa shape index (κ2) is 12.9. The average molecular weight is 554 g/mol. The van der Waals surface area contributed by atoms with Gasteiger partial charge in [-0.05, 0) is 29.2 Å². The van der Waals surface area contributed by atoms with E-state index in [0.717, 1.165) is 11.1 Å². The zero-order chi connectivity index (χ0) is 17.6. The third-order valence-corrected chi connectivity index (χ3v) is 4.24. The summed E-state index contributed by atoms with van der Waals surface area (Å²) in [5.41, 5.74) is 5.22. The molecule has 140 valence electrons. The molecule has 0 bridgehead atoms. The fourth-order valence-electron chi connectivity index (χ4n) is 2.77. The van der Waals surface area contributed by atoms with E-state index in [1.807, 2.05) is 42.5 Å². The number of carbonyl (C=O) groups excluding carboxylic acids is 2. The Bertz CT molecular complexity index is 877. The van der Waals surface area contributed by atoms with Gasteiger partial charge in [0.1, 0.15) is 5.78 Å². The number of benzene rings is 3. The Morgan fingerprint density at radius 2 is 1.00 bits per heavy atom. The fourth-order valence-corrected chi connectivity index (χ4v) is 2.77. The molecule has 0 aliphatic heterocycles. The van der Waals surface area contributed by atoms with E-state index in [0.29, 0.717) is 12.0 Å². The Hall–Kier alpha value is -1.42. The van der Waals surface area contributed by atoms with Gasteiger partial charge in [-0.25, -0.2) is 0 Å². The summed E-state index contributed by atoms with van der Waals surface area (Å²) < 4.78 is 0. The Morgan fingerprint density at radius 3 is 1.43 bits per heavy atom. The predicted octanol–water partition coefficient (Wildman–Crippen LogP) is -0.422. The number of halogens is 2. The van der Waals surface area contributed by atoms with Gasteiger partial charge in [0.15, 0.2) is 5.78 Å². The van der Waals surface area contributed by atoms with Crippen LogP contribution in [0.5, 0.6) is 0 Å². The van der Waals surface area contributed by atoms with Crippen LogP contribution in [0, 0.1) is 0 Å². The molecular formula is C23H20Br2O2Zn. The molecule has 0 spiro atoms. The zero-order valence-electron chi connectivity index (χ0n) is 15.7. The number of Topliss-reactive ketones (excluding diaryl/α,β-unsaturated/α-hetero) is 2. The van der Waals surface area contributed by atoms with E-state index in [-0.39, 0.29) is 71.4 Å². The molecule has 0 heterocycles. The first kappa shape index (κ1) is 26.6. The maximum atomic E-state index is 12.0. The molecule has 0 atom stereocenters. The number of carbonyl (C=O) groups is 2. The summed E-state index contributed by atoms with van der Waals surface area (Å²) in [6, 6.07) is 26.3. The minimum absolute atomic E-state index is 0.